The van der Waals surface area contributed by atoms with Crippen LogP contribution in [0.3, 0.4) is 0 Å². The van der Waals surface area contributed by atoms with E-state index in [2.05, 4.69) is 40.6 Å². The molecule has 4 heterocycles. The van der Waals surface area contributed by atoms with E-state index in [-0.39, 0.29) is 70.0 Å². The van der Waals surface area contributed by atoms with Gasteiger partial charge < -0.3 is 41.6 Å². The second-order valence-corrected chi connectivity index (χ2v) is 12.8. The van der Waals surface area contributed by atoms with Gasteiger partial charge in [0, 0.05) is 37.6 Å². The Morgan fingerprint density at radius 2 is 1.20 bits per heavy atom. The number of esters is 1. The largest absolute Gasteiger partial charge is 0.496 e. The predicted molar refractivity (Wildman–Crippen MR) is 200 cm³/mol. The highest BCUT2D eigenvalue weighted by Crippen LogP contribution is 2.26. The molecule has 2 aliphatic heterocycles. The van der Waals surface area contributed by atoms with Crippen LogP contribution in [0.25, 0.3) is 0 Å². The van der Waals surface area contributed by atoms with Gasteiger partial charge in [-0.3, -0.25) is 19.3 Å². The van der Waals surface area contributed by atoms with E-state index in [1.165, 1.54) is 58.0 Å². The summed E-state index contributed by atoms with van der Waals surface area (Å²) in [4.78, 5) is 55.6. The van der Waals surface area contributed by atoms with Gasteiger partial charge in [-0.25, -0.2) is 18.7 Å². The van der Waals surface area contributed by atoms with Crippen LogP contribution >= 0.6 is 0 Å². The number of likely N-dealkylation sites (tertiary alicyclic amines) is 1. The molecule has 55 heavy (non-hydrogen) atoms. The number of aromatic nitrogens is 4. The van der Waals surface area contributed by atoms with Gasteiger partial charge in [-0.05, 0) is 75.2 Å². The van der Waals surface area contributed by atoms with E-state index in [1.54, 1.807) is 0 Å². The zero-order valence-corrected chi connectivity index (χ0v) is 30.7. The number of hydrogen-bond acceptors (Lipinski definition) is 16. The first-order valence-corrected chi connectivity index (χ1v) is 17.5. The summed E-state index contributed by atoms with van der Waals surface area (Å²) in [6.45, 7) is 3.61. The Balaban J connectivity index is 0.000000214. The lowest BCUT2D eigenvalue weighted by atomic mass is 10.0. The van der Waals surface area contributed by atoms with E-state index in [0.717, 1.165) is 64.0 Å². The van der Waals surface area contributed by atoms with Crippen LogP contribution in [0.1, 0.15) is 57.5 Å². The zero-order valence-electron chi connectivity index (χ0n) is 30.7. The average Bonchev–Trinajstić information content (AvgIpc) is 3.19. The smallest absolute Gasteiger partial charge is 0.319 e. The van der Waals surface area contributed by atoms with Gasteiger partial charge in [0.25, 0.3) is 0 Å². The zero-order chi connectivity index (χ0) is 39.5. The highest BCUT2D eigenvalue weighted by molar-refractivity contribution is 6.13. The number of anilines is 4. The van der Waals surface area contributed by atoms with Gasteiger partial charge in [-0.2, -0.15) is 9.97 Å². The number of carbonyl (C=O) groups excluding carboxylic acids is 3. The van der Waals surface area contributed by atoms with E-state index in [4.69, 9.17) is 20.9 Å². The Morgan fingerprint density at radius 3 is 1.62 bits per heavy atom. The second kappa shape index (κ2) is 18.8. The number of nitrogens with one attached hydrogen (secondary N) is 3. The summed E-state index contributed by atoms with van der Waals surface area (Å²) in [6, 6.07) is 7.79. The van der Waals surface area contributed by atoms with Crippen LogP contribution in [-0.4, -0.2) is 109 Å². The van der Waals surface area contributed by atoms with Crippen LogP contribution in [-0.2, 0) is 9.53 Å². The first-order valence-electron chi connectivity index (χ1n) is 17.5. The fraction of sp³-hybridized carbons (Fsp3) is 0.378. The van der Waals surface area contributed by atoms with E-state index in [0.29, 0.717) is 11.9 Å². The summed E-state index contributed by atoms with van der Waals surface area (Å²) < 4.78 is 42.0. The first kappa shape index (κ1) is 40.2. The Bertz CT molecular complexity index is 1990. The number of ketones is 2. The van der Waals surface area contributed by atoms with Crippen molar-refractivity contribution in [2.24, 2.45) is 0 Å². The van der Waals surface area contributed by atoms with Gasteiger partial charge >= 0.3 is 5.97 Å². The lowest BCUT2D eigenvalue weighted by Crippen LogP contribution is -2.41. The van der Waals surface area contributed by atoms with Crippen molar-refractivity contribution in [3.8, 4) is 11.5 Å². The van der Waals surface area contributed by atoms with Gasteiger partial charge in [0.1, 0.15) is 34.8 Å². The molecular formula is C37H44F2N10O6. The number of halogens is 2. The molecule has 18 heteroatoms. The van der Waals surface area contributed by atoms with Gasteiger partial charge in [0.2, 0.25) is 23.5 Å². The molecule has 292 valence electrons. The molecule has 0 radical (unpaired) electrons. The van der Waals surface area contributed by atoms with Crippen LogP contribution in [0.2, 0.25) is 0 Å². The van der Waals surface area contributed by atoms with Crippen molar-refractivity contribution in [2.75, 3.05) is 76.2 Å². The Kier molecular flexibility index (Phi) is 13.8. The molecule has 0 amide bonds. The molecule has 7 N–H and O–H groups in total. The molecule has 4 aromatic rings. The Morgan fingerprint density at radius 1 is 0.745 bits per heavy atom. The standard InChI is InChI=1S/C20H24FN5O4.C17H20FN5O2/c1-29-16-4-3-12(21)9-14(16)18(28)15-10-23-20(25-19(15)22)24-13-5-7-26(8-6-13)11-17(27)30-2;1-25-14-3-2-10(18)8-12(14)15(24)13-9-21-17(23-16(13)19)22-11-4-6-20-7-5-11/h3-4,9-10,13H,5-8,11H2,1-2H3,(H3,22,23,24,25);2-3,8-9,11,20H,4-7H2,1H3,(H3,19,21,22,23). The number of nitrogen functional groups attached to an aromatic ring is 2. The number of ether oxygens (including phenoxy) is 3. The third-order valence-corrected chi connectivity index (χ3v) is 9.11. The second-order valence-electron chi connectivity index (χ2n) is 12.8. The molecule has 0 saturated carbocycles. The summed E-state index contributed by atoms with van der Waals surface area (Å²) >= 11 is 0. The molecule has 2 aromatic heterocycles. The average molecular weight is 763 g/mol. The molecule has 6 rings (SSSR count). The normalized spacial score (nSPS) is 14.9. The predicted octanol–water partition coefficient (Wildman–Crippen LogP) is 3.09. The summed E-state index contributed by atoms with van der Waals surface area (Å²) in [5.74, 6) is -1.13. The molecule has 2 aliphatic rings. The molecule has 2 aromatic carbocycles. The number of nitrogens with zero attached hydrogens (tertiary/aromatic N) is 5. The van der Waals surface area contributed by atoms with Gasteiger partial charge in [-0.1, -0.05) is 0 Å². The van der Waals surface area contributed by atoms with Crippen molar-refractivity contribution >= 4 is 41.1 Å². The van der Waals surface area contributed by atoms with Gasteiger partial charge in [-0.15, -0.1) is 0 Å². The number of nitrogens with two attached hydrogens (primary N) is 2. The minimum absolute atomic E-state index is 0.00746. The molecule has 0 atom stereocenters. The molecule has 0 spiro atoms. The maximum atomic E-state index is 13.6. The monoisotopic (exact) mass is 762 g/mol. The fourth-order valence-corrected chi connectivity index (χ4v) is 6.10. The first-order chi connectivity index (χ1) is 26.5. The highest BCUT2D eigenvalue weighted by Gasteiger charge is 2.24. The molecule has 0 bridgehead atoms. The Labute approximate surface area is 316 Å². The maximum Gasteiger partial charge on any atom is 0.319 e. The van der Waals surface area contributed by atoms with E-state index >= 15 is 0 Å². The number of hydrogen-bond donors (Lipinski definition) is 5. The van der Waals surface area contributed by atoms with Crippen LogP contribution in [0.15, 0.2) is 48.8 Å². The highest BCUT2D eigenvalue weighted by atomic mass is 19.1. The topological polar surface area (TPSA) is 222 Å². The van der Waals surface area contributed by atoms with Crippen LogP contribution in [0.4, 0.5) is 32.3 Å². The number of methoxy groups -OCH3 is 3. The van der Waals surface area contributed by atoms with Crippen LogP contribution in [0, 0.1) is 11.6 Å². The fourth-order valence-electron chi connectivity index (χ4n) is 6.10. The molecular weight excluding hydrogens is 718 g/mol. The van der Waals surface area contributed by atoms with Crippen molar-refractivity contribution in [3.63, 3.8) is 0 Å². The van der Waals surface area contributed by atoms with Crippen molar-refractivity contribution in [1.29, 1.82) is 0 Å². The molecule has 0 aliphatic carbocycles. The lowest BCUT2D eigenvalue weighted by Gasteiger charge is -2.31. The third-order valence-electron chi connectivity index (χ3n) is 9.11. The van der Waals surface area contributed by atoms with Crippen molar-refractivity contribution in [1.82, 2.24) is 30.2 Å². The molecule has 0 unspecified atom stereocenters. The lowest BCUT2D eigenvalue weighted by molar-refractivity contribution is -0.142. The van der Waals surface area contributed by atoms with E-state index in [9.17, 15) is 23.2 Å². The minimum Gasteiger partial charge on any atom is -0.496 e. The SMILES string of the molecule is COC(=O)CN1CCC(Nc2ncc(C(=O)c3cc(F)ccc3OC)c(N)n2)CC1.COc1ccc(F)cc1C(=O)c1cnc(NC2CCNCC2)nc1N. The van der Waals surface area contributed by atoms with E-state index in [1.807, 2.05) is 4.90 Å². The third kappa shape index (κ3) is 10.6. The molecule has 2 saturated heterocycles. The van der Waals surface area contributed by atoms with Gasteiger partial charge in [0.05, 0.1) is 50.1 Å². The maximum absolute atomic E-state index is 13.6. The Hall–Kier alpha value is -6.01. The van der Waals surface area contributed by atoms with E-state index < -0.39 is 23.2 Å². The van der Waals surface area contributed by atoms with Gasteiger partial charge in [0.15, 0.2) is 0 Å². The number of rotatable bonds is 12. The van der Waals surface area contributed by atoms with Crippen molar-refractivity contribution in [2.45, 2.75) is 37.8 Å². The minimum atomic E-state index is -0.560. The summed E-state index contributed by atoms with van der Waals surface area (Å²) in [5, 5.41) is 9.70. The van der Waals surface area contributed by atoms with Crippen molar-refractivity contribution in [3.05, 3.63) is 82.7 Å². The van der Waals surface area contributed by atoms with Crippen LogP contribution < -0.4 is 36.9 Å². The summed E-state index contributed by atoms with van der Waals surface area (Å²) in [5.41, 5.74) is 12.2. The summed E-state index contributed by atoms with van der Waals surface area (Å²) in [7, 11) is 4.18. The molecule has 2 fully saturated rings. The number of benzene rings is 2. The number of piperidine rings is 2. The van der Waals surface area contributed by atoms with Crippen LogP contribution in [0.5, 0.6) is 11.5 Å². The summed E-state index contributed by atoms with van der Waals surface area (Å²) in [6.07, 6.45) is 6.19. The number of carbonyl (C=O) groups is 3. The molecule has 16 nitrogen and oxygen atoms in total. The van der Waals surface area contributed by atoms with Crippen molar-refractivity contribution < 1.29 is 37.4 Å². The quantitative estimate of drug-likeness (QED) is 0.103.